The number of aromatic nitrogens is 1. The molecule has 6 nitrogen and oxygen atoms in total. The highest BCUT2D eigenvalue weighted by Gasteiger charge is 2.27. The van der Waals surface area contributed by atoms with Gasteiger partial charge in [0, 0.05) is 28.1 Å². The van der Waals surface area contributed by atoms with Crippen LogP contribution in [0.4, 0.5) is 11.4 Å². The van der Waals surface area contributed by atoms with Crippen LogP contribution in [-0.4, -0.2) is 25.9 Å². The fraction of sp³-hybridized carbons (Fsp3) is 0.100. The van der Waals surface area contributed by atoms with Crippen molar-refractivity contribution in [2.45, 2.75) is 11.8 Å². The van der Waals surface area contributed by atoms with Crippen molar-refractivity contribution in [2.24, 2.45) is 0 Å². The highest BCUT2D eigenvalue weighted by molar-refractivity contribution is 7.92. The highest BCUT2D eigenvalue weighted by Crippen LogP contribution is 2.25. The average molecular weight is 450 g/mol. The number of rotatable bonds is 6. The lowest BCUT2D eigenvalue weighted by molar-refractivity contribution is -0.114. The Balaban J connectivity index is 1.93. The zero-order valence-corrected chi connectivity index (χ0v) is 17.7. The largest absolute Gasteiger partial charge is 0.324 e. The van der Waals surface area contributed by atoms with Crippen LogP contribution in [0.25, 0.3) is 0 Å². The van der Waals surface area contributed by atoms with Crippen LogP contribution in [0.15, 0.2) is 71.9 Å². The molecule has 0 saturated heterocycles. The maximum atomic E-state index is 13.2. The van der Waals surface area contributed by atoms with Crippen LogP contribution < -0.4 is 9.62 Å². The predicted octanol–water partition coefficient (Wildman–Crippen LogP) is 4.53. The van der Waals surface area contributed by atoms with Crippen molar-refractivity contribution in [3.63, 3.8) is 0 Å². The van der Waals surface area contributed by atoms with Gasteiger partial charge in [-0.05, 0) is 49.4 Å². The third-order valence-electron chi connectivity index (χ3n) is 3.98. The number of sulfonamides is 1. The number of benzene rings is 2. The molecule has 0 radical (unpaired) electrons. The first-order chi connectivity index (χ1) is 13.8. The summed E-state index contributed by atoms with van der Waals surface area (Å²) in [6.45, 7) is 1.45. The van der Waals surface area contributed by atoms with E-state index in [-0.39, 0.29) is 4.90 Å². The molecule has 0 atom stereocenters. The summed E-state index contributed by atoms with van der Waals surface area (Å²) >= 11 is 11.9. The molecule has 1 heterocycles. The normalized spacial score (nSPS) is 11.1. The third-order valence-corrected chi connectivity index (χ3v) is 6.17. The van der Waals surface area contributed by atoms with Gasteiger partial charge in [-0.1, -0.05) is 40.9 Å². The van der Waals surface area contributed by atoms with E-state index in [4.69, 9.17) is 23.2 Å². The summed E-state index contributed by atoms with van der Waals surface area (Å²) < 4.78 is 27.4. The van der Waals surface area contributed by atoms with Crippen molar-refractivity contribution >= 4 is 50.5 Å². The van der Waals surface area contributed by atoms with Crippen molar-refractivity contribution in [3.8, 4) is 0 Å². The first-order valence-electron chi connectivity index (χ1n) is 8.51. The molecule has 0 bridgehead atoms. The van der Waals surface area contributed by atoms with Gasteiger partial charge in [0.2, 0.25) is 5.91 Å². The van der Waals surface area contributed by atoms with E-state index in [2.05, 4.69) is 10.3 Å². The SMILES string of the molecule is Cc1ccc(N(CC(=O)Nc2cc(Cl)cc(Cl)c2)S(=O)(=O)c2cccnc2)cc1. The number of hydrogen-bond donors (Lipinski definition) is 1. The van der Waals surface area contributed by atoms with Gasteiger partial charge in [0.1, 0.15) is 11.4 Å². The van der Waals surface area contributed by atoms with E-state index in [0.29, 0.717) is 21.4 Å². The molecule has 1 N–H and O–H groups in total. The zero-order chi connectivity index (χ0) is 21.0. The molecule has 29 heavy (non-hydrogen) atoms. The number of aryl methyl sites for hydroxylation is 1. The maximum absolute atomic E-state index is 13.2. The van der Waals surface area contributed by atoms with E-state index in [9.17, 15) is 13.2 Å². The van der Waals surface area contributed by atoms with Crippen LogP contribution in [0.2, 0.25) is 10.0 Å². The lowest BCUT2D eigenvalue weighted by atomic mass is 10.2. The molecular weight excluding hydrogens is 433 g/mol. The first-order valence-corrected chi connectivity index (χ1v) is 10.7. The van der Waals surface area contributed by atoms with Gasteiger partial charge in [0.15, 0.2) is 0 Å². The second kappa shape index (κ2) is 8.82. The number of amides is 1. The number of nitrogens with one attached hydrogen (secondary N) is 1. The van der Waals surface area contributed by atoms with Crippen molar-refractivity contribution in [2.75, 3.05) is 16.2 Å². The Labute approximate surface area is 179 Å². The Kier molecular flexibility index (Phi) is 6.42. The second-order valence-corrected chi connectivity index (χ2v) is 8.98. The van der Waals surface area contributed by atoms with Gasteiger partial charge in [-0.2, -0.15) is 0 Å². The molecule has 0 saturated carbocycles. The predicted molar refractivity (Wildman–Crippen MR) is 115 cm³/mol. The van der Waals surface area contributed by atoms with Gasteiger partial charge in [0.25, 0.3) is 10.0 Å². The summed E-state index contributed by atoms with van der Waals surface area (Å²) in [6.07, 6.45) is 2.72. The minimum absolute atomic E-state index is 0.0147. The van der Waals surface area contributed by atoms with E-state index in [1.165, 1.54) is 42.7 Å². The Morgan fingerprint density at radius 2 is 1.72 bits per heavy atom. The van der Waals surface area contributed by atoms with Crippen molar-refractivity contribution < 1.29 is 13.2 Å². The molecule has 150 valence electrons. The quantitative estimate of drug-likeness (QED) is 0.599. The van der Waals surface area contributed by atoms with E-state index < -0.39 is 22.5 Å². The van der Waals surface area contributed by atoms with Gasteiger partial charge in [-0.15, -0.1) is 0 Å². The Hall–Kier alpha value is -2.61. The summed E-state index contributed by atoms with van der Waals surface area (Å²) in [5.41, 5.74) is 1.69. The third kappa shape index (κ3) is 5.26. The fourth-order valence-corrected chi connectivity index (χ4v) is 4.52. The lowest BCUT2D eigenvalue weighted by Gasteiger charge is -2.24. The molecule has 0 aliphatic rings. The first kappa shape index (κ1) is 21.1. The standard InChI is InChI=1S/C20H17Cl2N3O3S/c1-14-4-6-18(7-5-14)25(29(27,28)19-3-2-8-23-12-19)13-20(26)24-17-10-15(21)9-16(22)11-17/h2-12H,13H2,1H3,(H,24,26). The van der Waals surface area contributed by atoms with Crippen LogP contribution in [0, 0.1) is 6.92 Å². The fourth-order valence-electron chi connectivity index (χ4n) is 2.61. The van der Waals surface area contributed by atoms with Gasteiger partial charge < -0.3 is 5.32 Å². The maximum Gasteiger partial charge on any atom is 0.266 e. The average Bonchev–Trinajstić information content (AvgIpc) is 2.67. The van der Waals surface area contributed by atoms with Crippen LogP contribution >= 0.6 is 23.2 Å². The molecule has 1 aromatic heterocycles. The van der Waals surface area contributed by atoms with Gasteiger partial charge in [-0.25, -0.2) is 8.42 Å². The number of carbonyl (C=O) groups is 1. The van der Waals surface area contributed by atoms with Crippen molar-refractivity contribution in [1.82, 2.24) is 4.98 Å². The highest BCUT2D eigenvalue weighted by atomic mass is 35.5. The summed E-state index contributed by atoms with van der Waals surface area (Å²) in [7, 11) is -4.01. The number of hydrogen-bond acceptors (Lipinski definition) is 4. The number of halogens is 2. The Bertz CT molecular complexity index is 1100. The molecule has 0 aliphatic carbocycles. The lowest BCUT2D eigenvalue weighted by Crippen LogP contribution is -2.38. The summed E-state index contributed by atoms with van der Waals surface area (Å²) in [5.74, 6) is -0.545. The van der Waals surface area contributed by atoms with Gasteiger partial charge >= 0.3 is 0 Å². The topological polar surface area (TPSA) is 79.4 Å². The van der Waals surface area contributed by atoms with Crippen molar-refractivity contribution in [1.29, 1.82) is 0 Å². The Morgan fingerprint density at radius 1 is 1.07 bits per heavy atom. The van der Waals surface area contributed by atoms with Gasteiger partial charge in [0.05, 0.1) is 5.69 Å². The van der Waals surface area contributed by atoms with E-state index >= 15 is 0 Å². The number of anilines is 2. The number of carbonyl (C=O) groups excluding carboxylic acids is 1. The monoisotopic (exact) mass is 449 g/mol. The second-order valence-electron chi connectivity index (χ2n) is 6.24. The summed E-state index contributed by atoms with van der Waals surface area (Å²) in [6, 6.07) is 14.4. The minimum atomic E-state index is -4.01. The van der Waals surface area contributed by atoms with Crippen LogP contribution in [0.5, 0.6) is 0 Å². The zero-order valence-electron chi connectivity index (χ0n) is 15.3. The number of nitrogens with zero attached hydrogens (tertiary/aromatic N) is 2. The van der Waals surface area contributed by atoms with Gasteiger partial charge in [-0.3, -0.25) is 14.1 Å². The van der Waals surface area contributed by atoms with E-state index in [1.807, 2.05) is 6.92 Å². The molecule has 0 unspecified atom stereocenters. The van der Waals surface area contributed by atoms with Crippen molar-refractivity contribution in [3.05, 3.63) is 82.6 Å². The molecule has 0 fully saturated rings. The molecular formula is C20H17Cl2N3O3S. The molecule has 0 spiro atoms. The molecule has 2 aromatic carbocycles. The summed E-state index contributed by atoms with van der Waals surface area (Å²) in [5, 5.41) is 3.34. The van der Waals surface area contributed by atoms with E-state index in [1.54, 1.807) is 24.3 Å². The molecule has 3 aromatic rings. The smallest absolute Gasteiger partial charge is 0.266 e. The van der Waals surface area contributed by atoms with E-state index in [0.717, 1.165) is 9.87 Å². The Morgan fingerprint density at radius 3 is 2.31 bits per heavy atom. The van der Waals surface area contributed by atoms with Crippen LogP contribution in [0.3, 0.4) is 0 Å². The molecule has 0 aliphatic heterocycles. The molecule has 3 rings (SSSR count). The minimum Gasteiger partial charge on any atom is -0.324 e. The molecule has 1 amide bonds. The number of pyridine rings is 1. The van der Waals surface area contributed by atoms with Crippen LogP contribution in [-0.2, 0) is 14.8 Å². The summed E-state index contributed by atoms with van der Waals surface area (Å²) in [4.78, 5) is 16.5. The molecule has 9 heteroatoms. The van der Waals surface area contributed by atoms with Crippen LogP contribution in [0.1, 0.15) is 5.56 Å².